The lowest BCUT2D eigenvalue weighted by Crippen LogP contribution is -2.36. The van der Waals surface area contributed by atoms with E-state index < -0.39 is 10.0 Å². The topological polar surface area (TPSA) is 95.7 Å². The molecule has 1 aliphatic heterocycles. The van der Waals surface area contributed by atoms with E-state index >= 15 is 0 Å². The molecule has 0 atom stereocenters. The number of sulfonamides is 1. The predicted octanol–water partition coefficient (Wildman–Crippen LogP) is 1.62. The molecule has 2 aromatic carbocycles. The highest BCUT2D eigenvalue weighted by atomic mass is 32.2. The zero-order valence-electron chi connectivity index (χ0n) is 16.1. The molecule has 1 saturated heterocycles. The Bertz CT molecular complexity index is 950. The Labute approximate surface area is 170 Å². The molecule has 3 N–H and O–H groups in total. The summed E-state index contributed by atoms with van der Waals surface area (Å²) in [4.78, 5) is 16.7. The van der Waals surface area contributed by atoms with Gasteiger partial charge < -0.3 is 5.32 Å². The molecule has 1 fully saturated rings. The molecule has 1 amide bonds. The van der Waals surface area contributed by atoms with Gasteiger partial charge in [0.25, 0.3) is 0 Å². The van der Waals surface area contributed by atoms with Crippen molar-refractivity contribution < 1.29 is 17.6 Å². The van der Waals surface area contributed by atoms with Crippen molar-refractivity contribution in [1.29, 1.82) is 0 Å². The summed E-state index contributed by atoms with van der Waals surface area (Å²) in [7, 11) is -3.82. The molecule has 9 heteroatoms. The van der Waals surface area contributed by atoms with Crippen LogP contribution in [0.3, 0.4) is 0 Å². The molecule has 0 radical (unpaired) electrons. The first-order chi connectivity index (χ1) is 13.8. The average molecular weight is 421 g/mol. The second-order valence-electron chi connectivity index (χ2n) is 7.15. The van der Waals surface area contributed by atoms with E-state index in [1.54, 1.807) is 18.2 Å². The number of halogens is 1. The number of nitrogens with two attached hydrogens (primary N) is 1. The summed E-state index contributed by atoms with van der Waals surface area (Å²) in [6.45, 7) is 4.23. The highest BCUT2D eigenvalue weighted by Crippen LogP contribution is 2.14. The van der Waals surface area contributed by atoms with Crippen molar-refractivity contribution in [1.82, 2.24) is 9.80 Å². The molecule has 0 spiro atoms. The second kappa shape index (κ2) is 9.45. The van der Waals surface area contributed by atoms with Crippen LogP contribution in [-0.4, -0.2) is 56.8 Å². The van der Waals surface area contributed by atoms with Crippen LogP contribution in [0.15, 0.2) is 53.4 Å². The molecule has 0 aromatic heterocycles. The number of hydrogen-bond donors (Lipinski definition) is 2. The van der Waals surface area contributed by atoms with Crippen LogP contribution in [0.5, 0.6) is 0 Å². The number of amides is 1. The smallest absolute Gasteiger partial charge is 0.238 e. The normalized spacial score (nSPS) is 16.3. The quantitative estimate of drug-likeness (QED) is 0.740. The first-order valence-electron chi connectivity index (χ1n) is 9.41. The van der Waals surface area contributed by atoms with E-state index in [1.807, 2.05) is 0 Å². The third kappa shape index (κ3) is 6.60. The van der Waals surface area contributed by atoms with Crippen LogP contribution in [0, 0.1) is 5.82 Å². The Kier molecular flexibility index (Phi) is 6.96. The van der Waals surface area contributed by atoms with Gasteiger partial charge in [0.05, 0.1) is 11.4 Å². The summed E-state index contributed by atoms with van der Waals surface area (Å²) in [5.41, 5.74) is 1.46. The standard InChI is InChI=1S/C20H25FN4O3S/c21-17-7-5-16(6-8-17)14-24-9-2-10-25(12-11-24)15-20(26)23-18-3-1-4-19(13-18)29(22,27)28/h1,3-8,13H,2,9-12,14-15H2,(H,23,26)(H2,22,27,28). The van der Waals surface area contributed by atoms with Gasteiger partial charge in [0, 0.05) is 25.3 Å². The van der Waals surface area contributed by atoms with E-state index in [1.165, 1.54) is 30.3 Å². The highest BCUT2D eigenvalue weighted by molar-refractivity contribution is 7.89. The molecule has 0 unspecified atom stereocenters. The van der Waals surface area contributed by atoms with E-state index in [-0.39, 0.29) is 23.2 Å². The minimum atomic E-state index is -3.82. The lowest BCUT2D eigenvalue weighted by Gasteiger charge is -2.21. The van der Waals surface area contributed by atoms with Gasteiger partial charge in [-0.15, -0.1) is 0 Å². The molecule has 1 heterocycles. The molecule has 7 nitrogen and oxygen atoms in total. The molecule has 3 rings (SSSR count). The van der Waals surface area contributed by atoms with Crippen molar-refractivity contribution >= 4 is 21.6 Å². The Morgan fingerprint density at radius 3 is 2.45 bits per heavy atom. The SMILES string of the molecule is NS(=O)(=O)c1cccc(NC(=O)CN2CCCN(Cc3ccc(F)cc3)CC2)c1. The van der Waals surface area contributed by atoms with Gasteiger partial charge in [-0.2, -0.15) is 0 Å². The third-order valence-electron chi connectivity index (χ3n) is 4.81. The van der Waals surface area contributed by atoms with Gasteiger partial charge in [-0.25, -0.2) is 17.9 Å². The molecular formula is C20H25FN4O3S. The van der Waals surface area contributed by atoms with Gasteiger partial charge in [0.2, 0.25) is 15.9 Å². The fourth-order valence-electron chi connectivity index (χ4n) is 3.34. The van der Waals surface area contributed by atoms with Crippen molar-refractivity contribution in [2.45, 2.75) is 17.9 Å². The number of primary sulfonamides is 1. The molecule has 1 aliphatic rings. The maximum absolute atomic E-state index is 13.0. The Hall–Kier alpha value is -2.33. The van der Waals surface area contributed by atoms with Gasteiger partial charge in [-0.05, 0) is 55.4 Å². The molecule has 0 saturated carbocycles. The number of anilines is 1. The number of nitrogens with zero attached hydrogens (tertiary/aromatic N) is 2. The first kappa shape index (κ1) is 21.4. The van der Waals surface area contributed by atoms with Crippen molar-refractivity contribution in [3.63, 3.8) is 0 Å². The maximum Gasteiger partial charge on any atom is 0.238 e. The van der Waals surface area contributed by atoms with E-state index in [0.29, 0.717) is 5.69 Å². The molecule has 156 valence electrons. The van der Waals surface area contributed by atoms with Gasteiger partial charge in [-0.3, -0.25) is 14.6 Å². The average Bonchev–Trinajstić information content (AvgIpc) is 2.88. The first-order valence-corrected chi connectivity index (χ1v) is 11.0. The van der Waals surface area contributed by atoms with Crippen LogP contribution in [0.1, 0.15) is 12.0 Å². The number of hydrogen-bond acceptors (Lipinski definition) is 5. The van der Waals surface area contributed by atoms with Gasteiger partial charge >= 0.3 is 0 Å². The minimum Gasteiger partial charge on any atom is -0.325 e. The fraction of sp³-hybridized carbons (Fsp3) is 0.350. The Balaban J connectivity index is 1.51. The van der Waals surface area contributed by atoms with Crippen LogP contribution in [0.4, 0.5) is 10.1 Å². The third-order valence-corrected chi connectivity index (χ3v) is 5.73. The molecule has 2 aromatic rings. The molecular weight excluding hydrogens is 395 g/mol. The number of carbonyl (C=O) groups excluding carboxylic acids is 1. The Morgan fingerprint density at radius 1 is 1.03 bits per heavy atom. The molecule has 0 aliphatic carbocycles. The zero-order valence-corrected chi connectivity index (χ0v) is 16.9. The summed E-state index contributed by atoms with van der Waals surface area (Å²) in [6, 6.07) is 12.4. The van der Waals surface area contributed by atoms with Crippen LogP contribution >= 0.6 is 0 Å². The molecule has 0 bridgehead atoms. The fourth-order valence-corrected chi connectivity index (χ4v) is 3.90. The lowest BCUT2D eigenvalue weighted by atomic mass is 10.2. The van der Waals surface area contributed by atoms with Crippen molar-refractivity contribution in [2.75, 3.05) is 38.0 Å². The van der Waals surface area contributed by atoms with Crippen LogP contribution in [0.25, 0.3) is 0 Å². The van der Waals surface area contributed by atoms with Crippen LogP contribution < -0.4 is 10.5 Å². The highest BCUT2D eigenvalue weighted by Gasteiger charge is 2.18. The monoisotopic (exact) mass is 420 g/mol. The van der Waals surface area contributed by atoms with Crippen LogP contribution in [0.2, 0.25) is 0 Å². The summed E-state index contributed by atoms with van der Waals surface area (Å²) >= 11 is 0. The summed E-state index contributed by atoms with van der Waals surface area (Å²) in [5, 5.41) is 7.86. The number of nitrogens with one attached hydrogen (secondary N) is 1. The summed E-state index contributed by atoms with van der Waals surface area (Å²) in [6.07, 6.45) is 0.926. The van der Waals surface area contributed by atoms with Crippen molar-refractivity contribution in [3.05, 3.63) is 59.9 Å². The van der Waals surface area contributed by atoms with E-state index in [0.717, 1.165) is 44.7 Å². The van der Waals surface area contributed by atoms with Crippen molar-refractivity contribution in [2.24, 2.45) is 5.14 Å². The van der Waals surface area contributed by atoms with E-state index in [9.17, 15) is 17.6 Å². The molecule has 29 heavy (non-hydrogen) atoms. The van der Waals surface area contributed by atoms with Gasteiger partial charge in [-0.1, -0.05) is 18.2 Å². The lowest BCUT2D eigenvalue weighted by molar-refractivity contribution is -0.117. The minimum absolute atomic E-state index is 0.0403. The summed E-state index contributed by atoms with van der Waals surface area (Å²) < 4.78 is 35.9. The number of carbonyl (C=O) groups is 1. The Morgan fingerprint density at radius 2 is 1.72 bits per heavy atom. The van der Waals surface area contributed by atoms with Crippen LogP contribution in [-0.2, 0) is 21.4 Å². The van der Waals surface area contributed by atoms with Gasteiger partial charge in [0.1, 0.15) is 5.82 Å². The summed E-state index contributed by atoms with van der Waals surface area (Å²) in [5.74, 6) is -0.444. The van der Waals surface area contributed by atoms with Crippen molar-refractivity contribution in [3.8, 4) is 0 Å². The van der Waals surface area contributed by atoms with Gasteiger partial charge in [0.15, 0.2) is 0 Å². The number of rotatable bonds is 6. The maximum atomic E-state index is 13.0. The van der Waals surface area contributed by atoms with E-state index in [2.05, 4.69) is 15.1 Å². The second-order valence-corrected chi connectivity index (χ2v) is 8.71. The largest absolute Gasteiger partial charge is 0.325 e. The van der Waals surface area contributed by atoms with E-state index in [4.69, 9.17) is 5.14 Å². The predicted molar refractivity (Wildman–Crippen MR) is 109 cm³/mol. The zero-order chi connectivity index (χ0) is 20.9. The number of benzene rings is 2.